The second-order valence-electron chi connectivity index (χ2n) is 4.09. The molecule has 0 aliphatic heterocycles. The Kier molecular flexibility index (Phi) is 9.87. The van der Waals surface area contributed by atoms with Gasteiger partial charge in [0.05, 0.1) is 5.70 Å². The van der Waals surface area contributed by atoms with E-state index in [0.29, 0.717) is 0 Å². The maximum atomic E-state index is 5.63. The highest BCUT2D eigenvalue weighted by atomic mass is 15.4. The summed E-state index contributed by atoms with van der Waals surface area (Å²) in [4.78, 5) is 0. The van der Waals surface area contributed by atoms with Crippen molar-refractivity contribution in [2.45, 2.75) is 58.8 Å². The van der Waals surface area contributed by atoms with Crippen LogP contribution >= 0.6 is 0 Å². The lowest BCUT2D eigenvalue weighted by Gasteiger charge is -2.21. The summed E-state index contributed by atoms with van der Waals surface area (Å²) in [5, 5.41) is 5.99. The largest absolute Gasteiger partial charge is 0.403 e. The maximum Gasteiger partial charge on any atom is 0.0522 e. The van der Waals surface area contributed by atoms with Crippen LogP contribution in [0.25, 0.3) is 0 Å². The first kappa shape index (κ1) is 15.0. The first-order valence-corrected chi connectivity index (χ1v) is 6.45. The van der Waals surface area contributed by atoms with E-state index in [4.69, 9.17) is 5.73 Å². The normalized spacial score (nSPS) is 11.5. The summed E-state index contributed by atoms with van der Waals surface area (Å²) in [6.45, 7) is 8.96. The van der Waals surface area contributed by atoms with Gasteiger partial charge in [-0.25, -0.2) is 0 Å². The number of hydrogen-bond acceptors (Lipinski definition) is 3. The van der Waals surface area contributed by atoms with Gasteiger partial charge in [-0.05, 0) is 19.3 Å². The predicted octanol–water partition coefficient (Wildman–Crippen LogP) is 3.47. The molecule has 0 spiro atoms. The van der Waals surface area contributed by atoms with Crippen LogP contribution in [-0.4, -0.2) is 18.3 Å². The van der Waals surface area contributed by atoms with Crippen molar-refractivity contribution in [1.82, 2.24) is 5.01 Å². The summed E-state index contributed by atoms with van der Waals surface area (Å²) >= 11 is 0. The van der Waals surface area contributed by atoms with Crippen LogP contribution in [0.1, 0.15) is 58.8 Å². The average molecular weight is 225 g/mol. The van der Waals surface area contributed by atoms with E-state index in [-0.39, 0.29) is 0 Å². The Morgan fingerprint density at radius 1 is 1.19 bits per heavy atom. The van der Waals surface area contributed by atoms with Gasteiger partial charge in [-0.1, -0.05) is 39.5 Å². The monoisotopic (exact) mass is 225 g/mol. The molecule has 0 unspecified atom stereocenters. The van der Waals surface area contributed by atoms with Crippen molar-refractivity contribution in [3.05, 3.63) is 11.9 Å². The molecular weight excluding hydrogens is 198 g/mol. The second kappa shape index (κ2) is 10.5. The molecule has 0 atom stereocenters. The van der Waals surface area contributed by atoms with Crippen LogP contribution in [-0.2, 0) is 0 Å². The van der Waals surface area contributed by atoms with Crippen LogP contribution in [0.15, 0.2) is 17.0 Å². The van der Waals surface area contributed by atoms with Gasteiger partial charge in [-0.3, -0.25) is 5.01 Å². The fourth-order valence-corrected chi connectivity index (χ4v) is 1.65. The van der Waals surface area contributed by atoms with Crippen LogP contribution in [0.4, 0.5) is 0 Å². The zero-order chi connectivity index (χ0) is 12.2. The van der Waals surface area contributed by atoms with Crippen molar-refractivity contribution < 1.29 is 0 Å². The van der Waals surface area contributed by atoms with Gasteiger partial charge in [0.15, 0.2) is 0 Å². The molecule has 0 fully saturated rings. The summed E-state index contributed by atoms with van der Waals surface area (Å²) in [6.07, 6.45) is 9.98. The van der Waals surface area contributed by atoms with Crippen molar-refractivity contribution in [3.8, 4) is 0 Å². The number of rotatable bonds is 10. The zero-order valence-electron chi connectivity index (χ0n) is 10.9. The molecule has 0 aliphatic rings. The number of hydrogen-bond donors (Lipinski definition) is 1. The maximum absolute atomic E-state index is 5.63. The van der Waals surface area contributed by atoms with Crippen molar-refractivity contribution in [2.24, 2.45) is 10.8 Å². The lowest BCUT2D eigenvalue weighted by molar-refractivity contribution is 0.338. The predicted molar refractivity (Wildman–Crippen MR) is 72.2 cm³/mol. The minimum atomic E-state index is 0.941. The van der Waals surface area contributed by atoms with Gasteiger partial charge >= 0.3 is 0 Å². The van der Waals surface area contributed by atoms with Crippen molar-refractivity contribution in [2.75, 3.05) is 6.54 Å². The molecule has 0 radical (unpaired) electrons. The summed E-state index contributed by atoms with van der Waals surface area (Å²) in [5.41, 5.74) is 6.73. The minimum absolute atomic E-state index is 0.941. The van der Waals surface area contributed by atoms with Gasteiger partial charge in [0.2, 0.25) is 0 Å². The van der Waals surface area contributed by atoms with Gasteiger partial charge in [0.1, 0.15) is 0 Å². The third-order valence-corrected chi connectivity index (χ3v) is 2.70. The molecule has 0 rings (SSSR count). The zero-order valence-corrected chi connectivity index (χ0v) is 10.9. The number of unbranched alkanes of at least 4 members (excludes halogenated alkanes) is 4. The molecule has 0 saturated heterocycles. The van der Waals surface area contributed by atoms with E-state index in [1.807, 2.05) is 5.01 Å². The summed E-state index contributed by atoms with van der Waals surface area (Å²) in [7, 11) is 0. The number of allylic oxidation sites excluding steroid dienone is 1. The molecule has 0 aromatic rings. The fraction of sp³-hybridized carbons (Fsp3) is 0.769. The van der Waals surface area contributed by atoms with Gasteiger partial charge in [0, 0.05) is 19.5 Å². The van der Waals surface area contributed by atoms with E-state index >= 15 is 0 Å². The third-order valence-electron chi connectivity index (χ3n) is 2.70. The molecular formula is C13H27N3. The first-order valence-electron chi connectivity index (χ1n) is 6.45. The quantitative estimate of drug-likeness (QED) is 0.351. The highest BCUT2D eigenvalue weighted by molar-refractivity contribution is 5.23. The average Bonchev–Trinajstić information content (AvgIpc) is 2.32. The Hall–Kier alpha value is -0.990. The molecule has 0 aliphatic carbocycles. The number of hydrazone groups is 1. The molecule has 3 nitrogen and oxygen atoms in total. The standard InChI is InChI=1S/C13H27N3/c1-4-6-8-9-11-16(15-3)13(12-14)10-7-5-2/h12H,3-11,14H2,1-2H3/b13-12-. The van der Waals surface area contributed by atoms with E-state index in [1.165, 1.54) is 25.7 Å². The lowest BCUT2D eigenvalue weighted by Crippen LogP contribution is -2.19. The number of nitrogens with zero attached hydrogens (tertiary/aromatic N) is 2. The van der Waals surface area contributed by atoms with Gasteiger partial charge in [-0.2, -0.15) is 5.10 Å². The van der Waals surface area contributed by atoms with Crippen LogP contribution in [0.2, 0.25) is 0 Å². The molecule has 0 bridgehead atoms. The van der Waals surface area contributed by atoms with Gasteiger partial charge < -0.3 is 5.73 Å². The Bertz CT molecular complexity index is 199. The van der Waals surface area contributed by atoms with Crippen LogP contribution < -0.4 is 5.73 Å². The number of nitrogens with two attached hydrogens (primary N) is 1. The Labute approximate surface area is 100 Å². The Morgan fingerprint density at radius 3 is 2.38 bits per heavy atom. The fourth-order valence-electron chi connectivity index (χ4n) is 1.65. The van der Waals surface area contributed by atoms with Crippen molar-refractivity contribution in [3.63, 3.8) is 0 Å². The molecule has 0 aromatic heterocycles. The smallest absolute Gasteiger partial charge is 0.0522 e. The SMILES string of the molecule is C=NN(CCCCCC)/C(=C\N)CCCC. The molecule has 0 aromatic carbocycles. The van der Waals surface area contributed by atoms with Gasteiger partial charge in [-0.15, -0.1) is 0 Å². The van der Waals surface area contributed by atoms with E-state index in [0.717, 1.165) is 31.5 Å². The van der Waals surface area contributed by atoms with E-state index < -0.39 is 0 Å². The summed E-state index contributed by atoms with van der Waals surface area (Å²) in [5.74, 6) is 0. The lowest BCUT2D eigenvalue weighted by atomic mass is 10.2. The molecule has 94 valence electrons. The van der Waals surface area contributed by atoms with E-state index in [1.54, 1.807) is 6.20 Å². The minimum Gasteiger partial charge on any atom is -0.403 e. The van der Waals surface area contributed by atoms with Crippen LogP contribution in [0, 0.1) is 0 Å². The van der Waals surface area contributed by atoms with Gasteiger partial charge in [0.25, 0.3) is 0 Å². The highest BCUT2D eigenvalue weighted by Gasteiger charge is 2.06. The summed E-state index contributed by atoms with van der Waals surface area (Å²) < 4.78 is 0. The topological polar surface area (TPSA) is 41.6 Å². The third kappa shape index (κ3) is 6.49. The van der Waals surface area contributed by atoms with E-state index in [9.17, 15) is 0 Å². The molecule has 0 saturated carbocycles. The van der Waals surface area contributed by atoms with Crippen LogP contribution in [0.3, 0.4) is 0 Å². The Balaban J connectivity index is 3.97. The highest BCUT2D eigenvalue weighted by Crippen LogP contribution is 2.13. The van der Waals surface area contributed by atoms with Crippen LogP contribution in [0.5, 0.6) is 0 Å². The van der Waals surface area contributed by atoms with Crippen molar-refractivity contribution in [1.29, 1.82) is 0 Å². The molecule has 0 heterocycles. The first-order chi connectivity index (χ1) is 7.79. The molecule has 2 N–H and O–H groups in total. The molecule has 16 heavy (non-hydrogen) atoms. The van der Waals surface area contributed by atoms with Crippen molar-refractivity contribution >= 4 is 6.72 Å². The molecule has 3 heteroatoms. The second-order valence-corrected chi connectivity index (χ2v) is 4.09. The van der Waals surface area contributed by atoms with E-state index in [2.05, 4.69) is 25.7 Å². The Morgan fingerprint density at radius 2 is 1.88 bits per heavy atom. The molecule has 0 amide bonds. The summed E-state index contributed by atoms with van der Waals surface area (Å²) in [6, 6.07) is 0.